The number of ether oxygens (including phenoxy) is 1. The van der Waals surface area contributed by atoms with Crippen LogP contribution >= 0.6 is 23.2 Å². The highest BCUT2D eigenvalue weighted by molar-refractivity contribution is 6.33. The van der Waals surface area contributed by atoms with Gasteiger partial charge >= 0.3 is 5.97 Å². The van der Waals surface area contributed by atoms with Gasteiger partial charge in [-0.2, -0.15) is 0 Å². The number of hydrogen-bond acceptors (Lipinski definition) is 2. The molecule has 0 aliphatic rings. The Labute approximate surface area is 171 Å². The minimum absolute atomic E-state index is 0.0307. The minimum Gasteiger partial charge on any atom is -0.493 e. The average molecular weight is 409 g/mol. The van der Waals surface area contributed by atoms with Crippen molar-refractivity contribution in [2.24, 2.45) is 5.41 Å². The van der Waals surface area contributed by atoms with Crippen molar-refractivity contribution in [2.45, 2.75) is 46.5 Å². The Morgan fingerprint density at radius 2 is 1.96 bits per heavy atom. The van der Waals surface area contributed by atoms with E-state index in [9.17, 15) is 4.79 Å². The van der Waals surface area contributed by atoms with Gasteiger partial charge in [-0.05, 0) is 68.0 Å². The van der Waals surface area contributed by atoms with E-state index >= 15 is 0 Å². The molecule has 0 aliphatic heterocycles. The van der Waals surface area contributed by atoms with Crippen molar-refractivity contribution < 1.29 is 14.6 Å². The van der Waals surface area contributed by atoms with Crippen molar-refractivity contribution in [2.75, 3.05) is 6.61 Å². The van der Waals surface area contributed by atoms with Crippen molar-refractivity contribution in [1.29, 1.82) is 0 Å². The van der Waals surface area contributed by atoms with E-state index in [-0.39, 0.29) is 16.0 Å². The van der Waals surface area contributed by atoms with Crippen LogP contribution in [-0.4, -0.2) is 17.7 Å². The Morgan fingerprint density at radius 1 is 1.22 bits per heavy atom. The predicted octanol–water partition coefficient (Wildman–Crippen LogP) is 6.82. The minimum atomic E-state index is -1.03. The molecule has 2 aromatic carbocycles. The van der Waals surface area contributed by atoms with Crippen LogP contribution in [0.15, 0.2) is 36.4 Å². The van der Waals surface area contributed by atoms with E-state index < -0.39 is 5.97 Å². The Hall–Kier alpha value is -1.71. The van der Waals surface area contributed by atoms with Crippen LogP contribution in [0.25, 0.3) is 0 Å². The molecule has 0 aliphatic carbocycles. The molecule has 0 aromatic heterocycles. The van der Waals surface area contributed by atoms with E-state index in [1.165, 1.54) is 5.56 Å². The molecule has 27 heavy (non-hydrogen) atoms. The monoisotopic (exact) mass is 408 g/mol. The summed E-state index contributed by atoms with van der Waals surface area (Å²) in [6.45, 7) is 6.77. The van der Waals surface area contributed by atoms with Crippen LogP contribution in [-0.2, 0) is 6.42 Å². The Bertz CT molecular complexity index is 804. The van der Waals surface area contributed by atoms with Gasteiger partial charge in [-0.3, -0.25) is 0 Å². The molecule has 0 saturated heterocycles. The highest BCUT2D eigenvalue weighted by atomic mass is 35.5. The second-order valence-corrected chi connectivity index (χ2v) is 8.18. The van der Waals surface area contributed by atoms with E-state index in [1.54, 1.807) is 12.1 Å². The summed E-state index contributed by atoms with van der Waals surface area (Å²) < 4.78 is 6.03. The maximum Gasteiger partial charge on any atom is 0.337 e. The molecular weight excluding hydrogens is 383 g/mol. The third-order valence-electron chi connectivity index (χ3n) is 5.06. The summed E-state index contributed by atoms with van der Waals surface area (Å²) in [4.78, 5) is 11.2. The van der Waals surface area contributed by atoms with Crippen LogP contribution in [0.5, 0.6) is 5.75 Å². The highest BCUT2D eigenvalue weighted by Gasteiger charge is 2.23. The number of benzene rings is 2. The summed E-state index contributed by atoms with van der Waals surface area (Å²) in [5.41, 5.74) is 2.15. The molecule has 1 atom stereocenters. The fourth-order valence-corrected chi connectivity index (χ4v) is 3.44. The molecule has 2 aromatic rings. The first kappa shape index (κ1) is 21.6. The van der Waals surface area contributed by atoms with E-state index in [0.717, 1.165) is 36.3 Å². The molecular formula is C22H26Cl2O3. The maximum absolute atomic E-state index is 11.2. The fraction of sp³-hybridized carbons (Fsp3) is 0.409. The number of aryl methyl sites for hydroxylation is 2. The third kappa shape index (κ3) is 6.15. The summed E-state index contributed by atoms with van der Waals surface area (Å²) in [5.74, 6) is -0.395. The SMILES string of the molecule is CCC(C)(CCCc1cccc(Cl)c1)COc1cc(Cl)c(C(=O)O)cc1C. The number of hydrogen-bond donors (Lipinski definition) is 1. The smallest absolute Gasteiger partial charge is 0.337 e. The van der Waals surface area contributed by atoms with Crippen molar-refractivity contribution in [1.82, 2.24) is 0 Å². The normalized spacial score (nSPS) is 13.2. The van der Waals surface area contributed by atoms with Gasteiger partial charge in [0.15, 0.2) is 0 Å². The van der Waals surface area contributed by atoms with Gasteiger partial charge in [0, 0.05) is 10.4 Å². The summed E-state index contributed by atoms with van der Waals surface area (Å²) in [7, 11) is 0. The van der Waals surface area contributed by atoms with Crippen molar-refractivity contribution in [3.05, 3.63) is 63.1 Å². The number of aromatic carboxylic acids is 1. The van der Waals surface area contributed by atoms with Gasteiger partial charge in [0.1, 0.15) is 5.75 Å². The molecule has 0 saturated carbocycles. The molecule has 1 N–H and O–H groups in total. The Balaban J connectivity index is 1.97. The van der Waals surface area contributed by atoms with Crippen LogP contribution in [0.4, 0.5) is 0 Å². The van der Waals surface area contributed by atoms with Gasteiger partial charge in [0.2, 0.25) is 0 Å². The van der Waals surface area contributed by atoms with E-state index in [1.807, 2.05) is 25.1 Å². The average Bonchev–Trinajstić information content (AvgIpc) is 2.62. The number of carboxylic acids is 1. The zero-order valence-corrected chi connectivity index (χ0v) is 17.5. The lowest BCUT2D eigenvalue weighted by atomic mass is 9.82. The van der Waals surface area contributed by atoms with Crippen molar-refractivity contribution in [3.8, 4) is 5.75 Å². The first-order valence-corrected chi connectivity index (χ1v) is 9.90. The predicted molar refractivity (Wildman–Crippen MR) is 111 cm³/mol. The molecule has 2 rings (SSSR count). The van der Waals surface area contributed by atoms with Gasteiger partial charge in [0.25, 0.3) is 0 Å². The Morgan fingerprint density at radius 3 is 2.59 bits per heavy atom. The molecule has 0 amide bonds. The van der Waals surface area contributed by atoms with E-state index in [2.05, 4.69) is 19.9 Å². The van der Waals surface area contributed by atoms with Gasteiger partial charge in [-0.25, -0.2) is 4.79 Å². The second kappa shape index (κ2) is 9.48. The zero-order chi connectivity index (χ0) is 20.0. The van der Waals surface area contributed by atoms with E-state index in [4.69, 9.17) is 33.0 Å². The number of rotatable bonds is 9. The van der Waals surface area contributed by atoms with Gasteiger partial charge in [-0.15, -0.1) is 0 Å². The molecule has 0 bridgehead atoms. The van der Waals surface area contributed by atoms with Crippen molar-refractivity contribution in [3.63, 3.8) is 0 Å². The first-order chi connectivity index (χ1) is 12.7. The zero-order valence-electron chi connectivity index (χ0n) is 16.0. The lowest BCUT2D eigenvalue weighted by molar-refractivity contribution is 0.0697. The summed E-state index contributed by atoms with van der Waals surface area (Å²) in [6, 6.07) is 11.1. The van der Waals surface area contributed by atoms with Crippen molar-refractivity contribution >= 4 is 29.2 Å². The van der Waals surface area contributed by atoms with Crippen LogP contribution in [0.3, 0.4) is 0 Å². The number of carbonyl (C=O) groups is 1. The quantitative estimate of drug-likeness (QED) is 0.494. The molecule has 146 valence electrons. The second-order valence-electron chi connectivity index (χ2n) is 7.34. The topological polar surface area (TPSA) is 46.5 Å². The Kier molecular flexibility index (Phi) is 7.58. The summed E-state index contributed by atoms with van der Waals surface area (Å²) in [6.07, 6.45) is 4.04. The molecule has 3 nitrogen and oxygen atoms in total. The molecule has 5 heteroatoms. The highest BCUT2D eigenvalue weighted by Crippen LogP contribution is 2.32. The molecule has 0 fully saturated rings. The summed E-state index contributed by atoms with van der Waals surface area (Å²) >= 11 is 12.1. The van der Waals surface area contributed by atoms with Gasteiger partial charge in [0.05, 0.1) is 17.2 Å². The van der Waals surface area contributed by atoms with Gasteiger partial charge in [-0.1, -0.05) is 49.2 Å². The van der Waals surface area contributed by atoms with Gasteiger partial charge < -0.3 is 9.84 Å². The first-order valence-electron chi connectivity index (χ1n) is 9.15. The molecule has 0 spiro atoms. The summed E-state index contributed by atoms with van der Waals surface area (Å²) in [5, 5.41) is 10.1. The van der Waals surface area contributed by atoms with Crippen LogP contribution < -0.4 is 4.74 Å². The largest absolute Gasteiger partial charge is 0.493 e. The van der Waals surface area contributed by atoms with Crippen LogP contribution in [0.1, 0.15) is 54.6 Å². The third-order valence-corrected chi connectivity index (χ3v) is 5.61. The van der Waals surface area contributed by atoms with E-state index in [0.29, 0.717) is 12.4 Å². The fourth-order valence-electron chi connectivity index (χ4n) is 3.00. The number of carboxylic acid groups (broad SMARTS) is 1. The molecule has 1 unspecified atom stereocenters. The lowest BCUT2D eigenvalue weighted by Crippen LogP contribution is -2.25. The molecule has 0 radical (unpaired) electrons. The lowest BCUT2D eigenvalue weighted by Gasteiger charge is -2.29. The standard InChI is InChI=1S/C22H26Cl2O3/c1-4-22(3,10-6-8-16-7-5-9-17(23)12-16)14-27-20-13-19(24)18(21(25)26)11-15(20)2/h5,7,9,11-13H,4,6,8,10,14H2,1-3H3,(H,25,26). The van der Waals surface area contributed by atoms with Crippen LogP contribution in [0, 0.1) is 12.3 Å². The maximum atomic E-state index is 11.2. The van der Waals surface area contributed by atoms with Crippen LogP contribution in [0.2, 0.25) is 10.0 Å². The molecule has 0 heterocycles. The number of halogens is 2.